The van der Waals surface area contributed by atoms with Crippen molar-refractivity contribution in [3.8, 4) is 0 Å². The van der Waals surface area contributed by atoms with Crippen LogP contribution < -0.4 is 0 Å². The van der Waals surface area contributed by atoms with Gasteiger partial charge in [0.2, 0.25) is 5.91 Å². The largest absolute Gasteiger partial charge is 0.341 e. The SMILES string of the molecule is Cc1ccc(C(=O)N2CCC(C(=O)N3CCCN(C)CC3)CC2)cc1. The zero-order chi connectivity index (χ0) is 17.8. The van der Waals surface area contributed by atoms with Gasteiger partial charge < -0.3 is 14.7 Å². The molecule has 2 aliphatic rings. The first kappa shape index (κ1) is 17.9. The molecule has 0 radical (unpaired) electrons. The Kier molecular flexibility index (Phi) is 5.74. The Labute approximate surface area is 150 Å². The molecule has 0 saturated carbocycles. The van der Waals surface area contributed by atoms with Gasteiger partial charge in [-0.1, -0.05) is 17.7 Å². The minimum Gasteiger partial charge on any atom is -0.341 e. The molecule has 0 N–H and O–H groups in total. The van der Waals surface area contributed by atoms with E-state index < -0.39 is 0 Å². The van der Waals surface area contributed by atoms with E-state index in [0.717, 1.165) is 56.6 Å². The zero-order valence-corrected chi connectivity index (χ0v) is 15.4. The summed E-state index contributed by atoms with van der Waals surface area (Å²) in [7, 11) is 2.11. The number of carbonyl (C=O) groups is 2. The molecular weight excluding hydrogens is 314 g/mol. The van der Waals surface area contributed by atoms with E-state index in [4.69, 9.17) is 0 Å². The number of piperidine rings is 1. The molecule has 0 spiro atoms. The van der Waals surface area contributed by atoms with Crippen molar-refractivity contribution < 1.29 is 9.59 Å². The number of hydrogen-bond acceptors (Lipinski definition) is 3. The molecule has 0 unspecified atom stereocenters. The van der Waals surface area contributed by atoms with Crippen LogP contribution in [0.25, 0.3) is 0 Å². The van der Waals surface area contributed by atoms with E-state index in [1.807, 2.05) is 41.0 Å². The van der Waals surface area contributed by atoms with Crippen LogP contribution in [0.15, 0.2) is 24.3 Å². The number of likely N-dealkylation sites (N-methyl/N-ethyl adjacent to an activating group) is 1. The minimum atomic E-state index is 0.0745. The number of aryl methyl sites for hydroxylation is 1. The normalized spacial score (nSPS) is 20.4. The van der Waals surface area contributed by atoms with E-state index in [1.165, 1.54) is 0 Å². The monoisotopic (exact) mass is 343 g/mol. The van der Waals surface area contributed by atoms with Gasteiger partial charge >= 0.3 is 0 Å². The van der Waals surface area contributed by atoms with E-state index in [-0.39, 0.29) is 17.7 Å². The van der Waals surface area contributed by atoms with Gasteiger partial charge in [0.15, 0.2) is 0 Å². The summed E-state index contributed by atoms with van der Waals surface area (Å²) >= 11 is 0. The van der Waals surface area contributed by atoms with Crippen molar-refractivity contribution in [2.24, 2.45) is 5.92 Å². The van der Waals surface area contributed by atoms with Crippen LogP contribution in [0, 0.1) is 12.8 Å². The summed E-state index contributed by atoms with van der Waals surface area (Å²) in [4.78, 5) is 31.6. The molecule has 3 rings (SSSR count). The molecule has 0 aromatic heterocycles. The fourth-order valence-electron chi connectivity index (χ4n) is 3.73. The highest BCUT2D eigenvalue weighted by molar-refractivity contribution is 5.94. The molecule has 5 nitrogen and oxygen atoms in total. The molecule has 5 heteroatoms. The van der Waals surface area contributed by atoms with Crippen LogP contribution in [0.2, 0.25) is 0 Å². The standard InChI is InChI=1S/C20H29N3O2/c1-16-4-6-17(7-5-16)19(24)23-12-8-18(9-13-23)20(25)22-11-3-10-21(2)14-15-22/h4-7,18H,3,8-15H2,1-2H3. The lowest BCUT2D eigenvalue weighted by Crippen LogP contribution is -2.45. The third-order valence-corrected chi connectivity index (χ3v) is 5.46. The Morgan fingerprint density at radius 2 is 1.56 bits per heavy atom. The van der Waals surface area contributed by atoms with E-state index in [2.05, 4.69) is 11.9 Å². The number of nitrogens with zero attached hydrogens (tertiary/aromatic N) is 3. The topological polar surface area (TPSA) is 43.9 Å². The maximum atomic E-state index is 12.8. The molecule has 1 aromatic rings. The van der Waals surface area contributed by atoms with Gasteiger partial charge in [-0.3, -0.25) is 9.59 Å². The Bertz CT molecular complexity index is 606. The molecule has 0 bridgehead atoms. The fraction of sp³-hybridized carbons (Fsp3) is 0.600. The van der Waals surface area contributed by atoms with Crippen LogP contribution in [0.3, 0.4) is 0 Å². The number of hydrogen-bond donors (Lipinski definition) is 0. The van der Waals surface area contributed by atoms with Gasteiger partial charge in [0.05, 0.1) is 0 Å². The first-order valence-electron chi connectivity index (χ1n) is 9.38. The van der Waals surface area contributed by atoms with Gasteiger partial charge in [0, 0.05) is 44.2 Å². The maximum Gasteiger partial charge on any atom is 0.253 e. The Balaban J connectivity index is 1.53. The van der Waals surface area contributed by atoms with Crippen LogP contribution in [-0.4, -0.2) is 72.8 Å². The fourth-order valence-corrected chi connectivity index (χ4v) is 3.73. The second kappa shape index (κ2) is 8.00. The van der Waals surface area contributed by atoms with Crippen molar-refractivity contribution >= 4 is 11.8 Å². The second-order valence-corrected chi connectivity index (χ2v) is 7.41. The van der Waals surface area contributed by atoms with E-state index in [9.17, 15) is 9.59 Å². The highest BCUT2D eigenvalue weighted by Gasteiger charge is 2.31. The molecule has 25 heavy (non-hydrogen) atoms. The van der Waals surface area contributed by atoms with E-state index in [1.54, 1.807) is 0 Å². The van der Waals surface area contributed by atoms with Crippen LogP contribution in [-0.2, 0) is 4.79 Å². The van der Waals surface area contributed by atoms with Crippen molar-refractivity contribution in [2.75, 3.05) is 46.3 Å². The van der Waals surface area contributed by atoms with Gasteiger partial charge in [-0.2, -0.15) is 0 Å². The first-order chi connectivity index (χ1) is 12.0. The summed E-state index contributed by atoms with van der Waals surface area (Å²) in [6.07, 6.45) is 2.61. The third kappa shape index (κ3) is 4.40. The number of benzene rings is 1. The van der Waals surface area contributed by atoms with Crippen molar-refractivity contribution in [3.63, 3.8) is 0 Å². The summed E-state index contributed by atoms with van der Waals surface area (Å²) < 4.78 is 0. The van der Waals surface area contributed by atoms with Gasteiger partial charge in [0.25, 0.3) is 5.91 Å². The van der Waals surface area contributed by atoms with Crippen molar-refractivity contribution in [1.29, 1.82) is 0 Å². The molecule has 2 saturated heterocycles. The molecule has 2 heterocycles. The zero-order valence-electron chi connectivity index (χ0n) is 15.4. The smallest absolute Gasteiger partial charge is 0.253 e. The van der Waals surface area contributed by atoms with Gasteiger partial charge in [-0.25, -0.2) is 0 Å². The Morgan fingerprint density at radius 1 is 0.880 bits per heavy atom. The highest BCUT2D eigenvalue weighted by Crippen LogP contribution is 2.22. The van der Waals surface area contributed by atoms with Crippen molar-refractivity contribution in [1.82, 2.24) is 14.7 Å². The summed E-state index contributed by atoms with van der Waals surface area (Å²) in [6.45, 7) is 7.09. The molecule has 0 aliphatic carbocycles. The van der Waals surface area contributed by atoms with Gasteiger partial charge in [-0.15, -0.1) is 0 Å². The van der Waals surface area contributed by atoms with Crippen LogP contribution in [0.1, 0.15) is 35.2 Å². The van der Waals surface area contributed by atoms with Crippen LogP contribution in [0.5, 0.6) is 0 Å². The number of likely N-dealkylation sites (tertiary alicyclic amines) is 1. The maximum absolute atomic E-state index is 12.8. The lowest BCUT2D eigenvalue weighted by Gasteiger charge is -2.34. The van der Waals surface area contributed by atoms with Crippen molar-refractivity contribution in [3.05, 3.63) is 35.4 Å². The van der Waals surface area contributed by atoms with Gasteiger partial charge in [-0.05, 0) is 51.9 Å². The van der Waals surface area contributed by atoms with E-state index in [0.29, 0.717) is 13.1 Å². The molecule has 2 fully saturated rings. The number of amides is 2. The van der Waals surface area contributed by atoms with E-state index >= 15 is 0 Å². The summed E-state index contributed by atoms with van der Waals surface area (Å²) in [5, 5.41) is 0. The first-order valence-corrected chi connectivity index (χ1v) is 9.38. The highest BCUT2D eigenvalue weighted by atomic mass is 16.2. The molecular formula is C20H29N3O2. The minimum absolute atomic E-state index is 0.0745. The van der Waals surface area contributed by atoms with Gasteiger partial charge in [0.1, 0.15) is 0 Å². The summed E-state index contributed by atoms with van der Waals surface area (Å²) in [5.41, 5.74) is 1.90. The Morgan fingerprint density at radius 3 is 2.24 bits per heavy atom. The lowest BCUT2D eigenvalue weighted by molar-refractivity contribution is -0.136. The molecule has 2 aliphatic heterocycles. The van der Waals surface area contributed by atoms with Crippen LogP contribution in [0.4, 0.5) is 0 Å². The number of rotatable bonds is 2. The molecule has 0 atom stereocenters. The van der Waals surface area contributed by atoms with Crippen LogP contribution >= 0.6 is 0 Å². The average Bonchev–Trinajstić information content (AvgIpc) is 2.86. The summed E-state index contributed by atoms with van der Waals surface area (Å²) in [6, 6.07) is 7.73. The second-order valence-electron chi connectivity index (χ2n) is 7.41. The predicted molar refractivity (Wildman–Crippen MR) is 98.5 cm³/mol. The number of carbonyl (C=O) groups excluding carboxylic acids is 2. The predicted octanol–water partition coefficient (Wildman–Crippen LogP) is 2.01. The molecule has 136 valence electrons. The average molecular weight is 343 g/mol. The quantitative estimate of drug-likeness (QED) is 0.825. The third-order valence-electron chi connectivity index (χ3n) is 5.46. The lowest BCUT2D eigenvalue weighted by atomic mass is 9.94. The molecule has 1 aromatic carbocycles. The molecule has 2 amide bonds. The summed E-state index contributed by atoms with van der Waals surface area (Å²) in [5.74, 6) is 0.450. The Hall–Kier alpha value is -1.88. The van der Waals surface area contributed by atoms with Crippen molar-refractivity contribution in [2.45, 2.75) is 26.2 Å².